The molecule has 0 atom stereocenters. The Bertz CT molecular complexity index is 746. The van der Waals surface area contributed by atoms with Crippen molar-refractivity contribution >= 4 is 33.2 Å². The lowest BCUT2D eigenvalue weighted by molar-refractivity contribution is 0.515. The fourth-order valence-corrected chi connectivity index (χ4v) is 2.65. The number of hydrogen-bond acceptors (Lipinski definition) is 4. The second-order valence-electron chi connectivity index (χ2n) is 4.34. The summed E-state index contributed by atoms with van der Waals surface area (Å²) in [5.41, 5.74) is 1.82. The van der Waals surface area contributed by atoms with Crippen molar-refractivity contribution in [1.29, 1.82) is 0 Å². The molecule has 0 saturated heterocycles. The van der Waals surface area contributed by atoms with E-state index in [1.807, 2.05) is 48.5 Å². The van der Waals surface area contributed by atoms with Crippen molar-refractivity contribution in [1.82, 2.24) is 10.2 Å². The molecular formula is C15H11BrClN3O. The Kier molecular flexibility index (Phi) is 4.22. The Balaban J connectivity index is 1.70. The van der Waals surface area contributed by atoms with Crippen LogP contribution in [0.4, 0.5) is 5.69 Å². The summed E-state index contributed by atoms with van der Waals surface area (Å²) in [4.78, 5) is 0. The van der Waals surface area contributed by atoms with Gasteiger partial charge in [0.05, 0.1) is 6.54 Å². The maximum atomic E-state index is 5.91. The SMILES string of the molecule is Clc1ccc(NCc2nnc(-c3ccccc3)o2)c(Br)c1. The van der Waals surface area contributed by atoms with Gasteiger partial charge in [-0.05, 0) is 46.3 Å². The average molecular weight is 365 g/mol. The summed E-state index contributed by atoms with van der Waals surface area (Å²) in [5, 5.41) is 12.0. The summed E-state index contributed by atoms with van der Waals surface area (Å²) in [7, 11) is 0. The Morgan fingerprint density at radius 3 is 2.67 bits per heavy atom. The molecular weight excluding hydrogens is 354 g/mol. The van der Waals surface area contributed by atoms with Crippen LogP contribution in [0.3, 0.4) is 0 Å². The zero-order valence-corrected chi connectivity index (χ0v) is 13.2. The van der Waals surface area contributed by atoms with Crippen molar-refractivity contribution in [2.75, 3.05) is 5.32 Å². The van der Waals surface area contributed by atoms with Crippen molar-refractivity contribution in [3.05, 3.63) is 63.9 Å². The molecule has 0 aliphatic rings. The number of benzene rings is 2. The highest BCUT2D eigenvalue weighted by atomic mass is 79.9. The predicted octanol–water partition coefficient (Wildman–Crippen LogP) is 4.76. The van der Waals surface area contributed by atoms with E-state index in [9.17, 15) is 0 Å². The third-order valence-corrected chi connectivity index (χ3v) is 3.74. The van der Waals surface area contributed by atoms with Gasteiger partial charge in [-0.15, -0.1) is 10.2 Å². The smallest absolute Gasteiger partial charge is 0.247 e. The monoisotopic (exact) mass is 363 g/mol. The predicted molar refractivity (Wildman–Crippen MR) is 86.2 cm³/mol. The van der Waals surface area contributed by atoms with E-state index in [1.54, 1.807) is 0 Å². The maximum Gasteiger partial charge on any atom is 0.247 e. The topological polar surface area (TPSA) is 51.0 Å². The molecule has 0 aliphatic carbocycles. The van der Waals surface area contributed by atoms with E-state index in [0.29, 0.717) is 23.3 Å². The number of nitrogens with one attached hydrogen (secondary N) is 1. The number of hydrogen-bond donors (Lipinski definition) is 1. The molecule has 1 aromatic heterocycles. The van der Waals surface area contributed by atoms with Gasteiger partial charge in [-0.1, -0.05) is 29.8 Å². The average Bonchev–Trinajstić information content (AvgIpc) is 2.96. The molecule has 0 radical (unpaired) electrons. The van der Waals surface area contributed by atoms with Crippen LogP contribution in [-0.4, -0.2) is 10.2 Å². The van der Waals surface area contributed by atoms with Gasteiger partial charge in [0, 0.05) is 20.7 Å². The van der Waals surface area contributed by atoms with Crippen molar-refractivity contribution in [3.8, 4) is 11.5 Å². The molecule has 0 aliphatic heterocycles. The molecule has 2 aromatic carbocycles. The van der Waals surface area contributed by atoms with Gasteiger partial charge in [-0.3, -0.25) is 0 Å². The molecule has 106 valence electrons. The Hall–Kier alpha value is -1.85. The normalized spacial score (nSPS) is 10.6. The fraction of sp³-hybridized carbons (Fsp3) is 0.0667. The summed E-state index contributed by atoms with van der Waals surface area (Å²) in [6.07, 6.45) is 0. The first-order chi connectivity index (χ1) is 10.2. The van der Waals surface area contributed by atoms with E-state index in [-0.39, 0.29) is 0 Å². The molecule has 0 bridgehead atoms. The first kappa shape index (κ1) is 14.1. The minimum Gasteiger partial charge on any atom is -0.419 e. The van der Waals surface area contributed by atoms with E-state index >= 15 is 0 Å². The van der Waals surface area contributed by atoms with Gasteiger partial charge >= 0.3 is 0 Å². The van der Waals surface area contributed by atoms with Gasteiger partial charge in [-0.2, -0.15) is 0 Å². The van der Waals surface area contributed by atoms with Crippen LogP contribution >= 0.6 is 27.5 Å². The van der Waals surface area contributed by atoms with Gasteiger partial charge in [0.25, 0.3) is 0 Å². The molecule has 21 heavy (non-hydrogen) atoms. The molecule has 3 aromatic rings. The number of anilines is 1. The highest BCUT2D eigenvalue weighted by Crippen LogP contribution is 2.26. The zero-order chi connectivity index (χ0) is 14.7. The van der Waals surface area contributed by atoms with E-state index in [0.717, 1.165) is 15.7 Å². The van der Waals surface area contributed by atoms with Gasteiger partial charge in [0.2, 0.25) is 11.8 Å². The molecule has 1 heterocycles. The van der Waals surface area contributed by atoms with Crippen molar-refractivity contribution in [2.24, 2.45) is 0 Å². The Morgan fingerprint density at radius 2 is 1.90 bits per heavy atom. The molecule has 0 fully saturated rings. The summed E-state index contributed by atoms with van der Waals surface area (Å²) < 4.78 is 6.52. The fourth-order valence-electron chi connectivity index (χ4n) is 1.83. The van der Waals surface area contributed by atoms with Gasteiger partial charge < -0.3 is 9.73 Å². The van der Waals surface area contributed by atoms with Crippen LogP contribution in [0.2, 0.25) is 5.02 Å². The number of halogens is 2. The summed E-state index contributed by atoms with van der Waals surface area (Å²) >= 11 is 9.36. The van der Waals surface area contributed by atoms with Crippen LogP contribution < -0.4 is 5.32 Å². The van der Waals surface area contributed by atoms with Crippen LogP contribution in [0.15, 0.2) is 57.4 Å². The highest BCUT2D eigenvalue weighted by Gasteiger charge is 2.08. The van der Waals surface area contributed by atoms with Crippen LogP contribution in [-0.2, 0) is 6.54 Å². The van der Waals surface area contributed by atoms with Gasteiger partial charge in [-0.25, -0.2) is 0 Å². The standard InChI is InChI=1S/C15H11BrClN3O/c16-12-8-11(17)6-7-13(12)18-9-14-19-20-15(21-14)10-4-2-1-3-5-10/h1-8,18H,9H2. The van der Waals surface area contributed by atoms with E-state index < -0.39 is 0 Å². The largest absolute Gasteiger partial charge is 0.419 e. The molecule has 0 saturated carbocycles. The summed E-state index contributed by atoms with van der Waals surface area (Å²) in [6, 6.07) is 15.2. The molecule has 4 nitrogen and oxygen atoms in total. The highest BCUT2D eigenvalue weighted by molar-refractivity contribution is 9.10. The van der Waals surface area contributed by atoms with Gasteiger partial charge in [0.1, 0.15) is 0 Å². The van der Waals surface area contributed by atoms with E-state index in [4.69, 9.17) is 16.0 Å². The molecule has 1 N–H and O–H groups in total. The van der Waals surface area contributed by atoms with Crippen LogP contribution in [0.5, 0.6) is 0 Å². The van der Waals surface area contributed by atoms with Crippen molar-refractivity contribution in [2.45, 2.75) is 6.54 Å². The maximum absolute atomic E-state index is 5.91. The van der Waals surface area contributed by atoms with Crippen LogP contribution in [0.25, 0.3) is 11.5 Å². The Labute approximate surface area is 135 Å². The van der Waals surface area contributed by atoms with Crippen LogP contribution in [0.1, 0.15) is 5.89 Å². The number of rotatable bonds is 4. The second kappa shape index (κ2) is 6.28. The first-order valence-electron chi connectivity index (χ1n) is 6.29. The second-order valence-corrected chi connectivity index (χ2v) is 5.64. The van der Waals surface area contributed by atoms with E-state index in [1.165, 1.54) is 0 Å². The molecule has 0 unspecified atom stereocenters. The molecule has 3 rings (SSSR count). The van der Waals surface area contributed by atoms with Crippen molar-refractivity contribution in [3.63, 3.8) is 0 Å². The molecule has 0 amide bonds. The lowest BCUT2D eigenvalue weighted by atomic mass is 10.2. The molecule has 0 spiro atoms. The van der Waals surface area contributed by atoms with Crippen molar-refractivity contribution < 1.29 is 4.42 Å². The summed E-state index contributed by atoms with van der Waals surface area (Å²) in [6.45, 7) is 0.445. The lowest BCUT2D eigenvalue weighted by Gasteiger charge is -2.06. The first-order valence-corrected chi connectivity index (χ1v) is 7.46. The number of aromatic nitrogens is 2. The zero-order valence-electron chi connectivity index (χ0n) is 10.9. The Morgan fingerprint density at radius 1 is 1.10 bits per heavy atom. The molecule has 6 heteroatoms. The van der Waals surface area contributed by atoms with Crippen LogP contribution in [0, 0.1) is 0 Å². The quantitative estimate of drug-likeness (QED) is 0.725. The summed E-state index contributed by atoms with van der Waals surface area (Å²) in [5.74, 6) is 1.04. The minimum absolute atomic E-state index is 0.445. The lowest BCUT2D eigenvalue weighted by Crippen LogP contribution is -2.00. The number of nitrogens with zero attached hydrogens (tertiary/aromatic N) is 2. The van der Waals surface area contributed by atoms with Gasteiger partial charge in [0.15, 0.2) is 0 Å². The third kappa shape index (κ3) is 3.43. The minimum atomic E-state index is 0.445. The third-order valence-electron chi connectivity index (χ3n) is 2.85. The van der Waals surface area contributed by atoms with E-state index in [2.05, 4.69) is 31.4 Å².